The van der Waals surface area contributed by atoms with Crippen molar-refractivity contribution in [2.75, 3.05) is 25.1 Å². The average molecular weight is 221 g/mol. The number of amides is 2. The summed E-state index contributed by atoms with van der Waals surface area (Å²) in [7, 11) is 1.57. The Bertz CT molecular complexity index is 381. The van der Waals surface area contributed by atoms with Crippen molar-refractivity contribution in [2.24, 2.45) is 0 Å². The number of benzene rings is 1. The highest BCUT2D eigenvalue weighted by atomic mass is 16.6. The average Bonchev–Trinajstić information content (AvgIpc) is 2.73. The van der Waals surface area contributed by atoms with Gasteiger partial charge in [-0.05, 0) is 11.6 Å². The van der Waals surface area contributed by atoms with E-state index >= 15 is 0 Å². The molecule has 2 rings (SSSR count). The molecule has 0 radical (unpaired) electrons. The molecule has 0 bridgehead atoms. The third kappa shape index (κ3) is 2.15. The smallest absolute Gasteiger partial charge is 0.322 e. The fourth-order valence-electron chi connectivity index (χ4n) is 1.78. The molecule has 1 aromatic carbocycles. The topological polar surface area (TPSA) is 53.6 Å². The largest absolute Gasteiger partial charge is 0.336 e. The van der Waals surface area contributed by atoms with E-state index in [0.717, 1.165) is 11.3 Å². The third-order valence-corrected chi connectivity index (χ3v) is 2.55. The maximum absolute atomic E-state index is 11.6. The lowest BCUT2D eigenvalue weighted by molar-refractivity contribution is 0.0868. The molecule has 16 heavy (non-hydrogen) atoms. The fourth-order valence-corrected chi connectivity index (χ4v) is 1.78. The molecule has 1 heterocycles. The van der Waals surface area contributed by atoms with Gasteiger partial charge in [-0.15, -0.1) is 0 Å². The Hall–Kier alpha value is -1.59. The number of hydroxylamine groups is 1. The molecule has 86 valence electrons. The Balaban J connectivity index is 2.21. The van der Waals surface area contributed by atoms with Crippen molar-refractivity contribution in [3.63, 3.8) is 0 Å². The van der Waals surface area contributed by atoms with Crippen molar-refractivity contribution in [1.29, 1.82) is 0 Å². The normalized spacial score (nSPS) is 15.3. The van der Waals surface area contributed by atoms with Gasteiger partial charge in [-0.2, -0.15) is 5.48 Å². The number of hydrogen-bond donors (Lipinski definition) is 2. The van der Waals surface area contributed by atoms with Gasteiger partial charge in [0.15, 0.2) is 0 Å². The van der Waals surface area contributed by atoms with Crippen molar-refractivity contribution in [3.8, 4) is 0 Å². The first-order chi connectivity index (χ1) is 7.83. The number of anilines is 1. The molecule has 5 heteroatoms. The van der Waals surface area contributed by atoms with Gasteiger partial charge in [0.1, 0.15) is 0 Å². The molecule has 0 saturated carbocycles. The molecule has 1 aromatic rings. The van der Waals surface area contributed by atoms with E-state index in [-0.39, 0.29) is 6.03 Å². The van der Waals surface area contributed by atoms with Gasteiger partial charge in [0.2, 0.25) is 0 Å². The zero-order chi connectivity index (χ0) is 11.4. The summed E-state index contributed by atoms with van der Waals surface area (Å²) >= 11 is 0. The van der Waals surface area contributed by atoms with Gasteiger partial charge in [-0.25, -0.2) is 4.79 Å². The minimum atomic E-state index is -0.0372. The van der Waals surface area contributed by atoms with Crippen LogP contribution in [0.2, 0.25) is 0 Å². The van der Waals surface area contributed by atoms with Crippen molar-refractivity contribution >= 4 is 11.7 Å². The Labute approximate surface area is 94.3 Å². The maximum Gasteiger partial charge on any atom is 0.322 e. The van der Waals surface area contributed by atoms with Gasteiger partial charge in [0.25, 0.3) is 0 Å². The number of hydrogen-bond acceptors (Lipinski definition) is 3. The summed E-state index contributed by atoms with van der Waals surface area (Å²) in [5.41, 5.74) is 4.76. The minimum Gasteiger partial charge on any atom is -0.336 e. The van der Waals surface area contributed by atoms with Gasteiger partial charge in [0, 0.05) is 19.6 Å². The highest BCUT2D eigenvalue weighted by Crippen LogP contribution is 2.21. The first-order valence-electron chi connectivity index (χ1n) is 5.22. The Kier molecular flexibility index (Phi) is 3.38. The first kappa shape index (κ1) is 10.9. The maximum atomic E-state index is 11.6. The number of para-hydroxylation sites is 1. The summed E-state index contributed by atoms with van der Waals surface area (Å²) < 4.78 is 0. The van der Waals surface area contributed by atoms with Gasteiger partial charge in [0.05, 0.1) is 12.8 Å². The molecular formula is C11H15N3O2. The van der Waals surface area contributed by atoms with E-state index in [2.05, 4.69) is 10.8 Å². The summed E-state index contributed by atoms with van der Waals surface area (Å²) in [6, 6.07) is 7.76. The first-order valence-corrected chi connectivity index (χ1v) is 5.22. The second kappa shape index (κ2) is 4.96. The van der Waals surface area contributed by atoms with Crippen molar-refractivity contribution in [1.82, 2.24) is 10.8 Å². The molecule has 1 aliphatic heterocycles. The van der Waals surface area contributed by atoms with Crippen LogP contribution in [0.4, 0.5) is 10.5 Å². The van der Waals surface area contributed by atoms with E-state index in [4.69, 9.17) is 4.84 Å². The lowest BCUT2D eigenvalue weighted by Crippen LogP contribution is -2.29. The summed E-state index contributed by atoms with van der Waals surface area (Å²) in [6.45, 7) is 1.99. The molecule has 0 aromatic heterocycles. The summed E-state index contributed by atoms with van der Waals surface area (Å²) in [4.78, 5) is 18.1. The quantitative estimate of drug-likeness (QED) is 0.742. The lowest BCUT2D eigenvalue weighted by atomic mass is 10.1. The predicted molar refractivity (Wildman–Crippen MR) is 61.0 cm³/mol. The van der Waals surface area contributed by atoms with Gasteiger partial charge >= 0.3 is 6.03 Å². The van der Waals surface area contributed by atoms with E-state index in [1.807, 2.05) is 24.3 Å². The molecule has 0 spiro atoms. The number of nitrogens with zero attached hydrogens (tertiary/aromatic N) is 1. The zero-order valence-corrected chi connectivity index (χ0v) is 9.19. The monoisotopic (exact) mass is 221 g/mol. The fraction of sp³-hybridized carbons (Fsp3) is 0.364. The number of nitrogens with one attached hydrogen (secondary N) is 2. The van der Waals surface area contributed by atoms with Crippen LogP contribution in [0.5, 0.6) is 0 Å². The molecule has 1 saturated heterocycles. The van der Waals surface area contributed by atoms with Crippen LogP contribution in [0, 0.1) is 0 Å². The Morgan fingerprint density at radius 3 is 3.00 bits per heavy atom. The molecule has 0 atom stereocenters. The lowest BCUT2D eigenvalue weighted by Gasteiger charge is -2.18. The number of carbonyl (C=O) groups is 1. The molecular weight excluding hydrogens is 206 g/mol. The van der Waals surface area contributed by atoms with Gasteiger partial charge < -0.3 is 10.2 Å². The van der Waals surface area contributed by atoms with E-state index < -0.39 is 0 Å². The molecule has 0 unspecified atom stereocenters. The van der Waals surface area contributed by atoms with Crippen LogP contribution >= 0.6 is 0 Å². The summed E-state index contributed by atoms with van der Waals surface area (Å²) in [6.07, 6.45) is 0. The zero-order valence-electron chi connectivity index (χ0n) is 9.19. The van der Waals surface area contributed by atoms with Crippen LogP contribution in [0.15, 0.2) is 24.3 Å². The second-order valence-electron chi connectivity index (χ2n) is 3.54. The highest BCUT2D eigenvalue weighted by molar-refractivity contribution is 5.94. The number of urea groups is 1. The van der Waals surface area contributed by atoms with E-state index in [9.17, 15) is 4.79 Å². The van der Waals surface area contributed by atoms with Gasteiger partial charge in [-0.1, -0.05) is 18.2 Å². The number of carbonyl (C=O) groups excluding carboxylic acids is 1. The molecule has 0 aliphatic carbocycles. The highest BCUT2D eigenvalue weighted by Gasteiger charge is 2.22. The minimum absolute atomic E-state index is 0.0372. The summed E-state index contributed by atoms with van der Waals surface area (Å²) in [5.74, 6) is 0. The predicted octanol–water partition coefficient (Wildman–Crippen LogP) is 0.867. The van der Waals surface area contributed by atoms with Crippen LogP contribution in [-0.4, -0.2) is 26.2 Å². The SMILES string of the molecule is CONCc1ccccc1N1CCNC1=O. The van der Waals surface area contributed by atoms with Gasteiger partial charge in [-0.3, -0.25) is 4.90 Å². The van der Waals surface area contributed by atoms with E-state index in [1.165, 1.54) is 0 Å². The molecule has 5 nitrogen and oxygen atoms in total. The second-order valence-corrected chi connectivity index (χ2v) is 3.54. The summed E-state index contributed by atoms with van der Waals surface area (Å²) in [5, 5.41) is 2.79. The number of rotatable bonds is 4. The van der Waals surface area contributed by atoms with Crippen molar-refractivity contribution in [3.05, 3.63) is 29.8 Å². The standard InChI is InChI=1S/C11H15N3O2/c1-16-13-8-9-4-2-3-5-10(9)14-7-6-12-11(14)15/h2-5,13H,6-8H2,1H3,(H,12,15). The Morgan fingerprint density at radius 2 is 2.31 bits per heavy atom. The van der Waals surface area contributed by atoms with Crippen molar-refractivity contribution in [2.45, 2.75) is 6.54 Å². The van der Waals surface area contributed by atoms with Crippen LogP contribution in [-0.2, 0) is 11.4 Å². The van der Waals surface area contributed by atoms with Crippen LogP contribution in [0.3, 0.4) is 0 Å². The van der Waals surface area contributed by atoms with Crippen LogP contribution < -0.4 is 15.7 Å². The molecule has 1 aliphatic rings. The molecule has 2 N–H and O–H groups in total. The van der Waals surface area contributed by atoms with Crippen LogP contribution in [0.25, 0.3) is 0 Å². The van der Waals surface area contributed by atoms with Crippen molar-refractivity contribution < 1.29 is 9.63 Å². The molecule has 1 fully saturated rings. The Morgan fingerprint density at radius 1 is 1.50 bits per heavy atom. The third-order valence-electron chi connectivity index (χ3n) is 2.55. The van der Waals surface area contributed by atoms with Crippen LogP contribution in [0.1, 0.15) is 5.56 Å². The molecule has 2 amide bonds. The van der Waals surface area contributed by atoms with E-state index in [0.29, 0.717) is 19.6 Å². The van der Waals surface area contributed by atoms with E-state index in [1.54, 1.807) is 12.0 Å².